The fourth-order valence-electron chi connectivity index (χ4n) is 1.79. The van der Waals surface area contributed by atoms with Gasteiger partial charge in [-0.3, -0.25) is 14.5 Å². The van der Waals surface area contributed by atoms with E-state index in [4.69, 9.17) is 0 Å². The molecule has 0 aromatic heterocycles. The summed E-state index contributed by atoms with van der Waals surface area (Å²) in [5.74, 6) is -0.846. The molecule has 0 atom stereocenters. The number of hydrogen-bond donors (Lipinski definition) is 1. The number of amides is 1. The summed E-state index contributed by atoms with van der Waals surface area (Å²) < 4.78 is 18.0. The van der Waals surface area contributed by atoms with Gasteiger partial charge in [-0.15, -0.1) is 0 Å². The zero-order valence-corrected chi connectivity index (χ0v) is 12.4. The number of carbonyl (C=O) groups is 2. The van der Waals surface area contributed by atoms with E-state index in [9.17, 15) is 14.0 Å². The SMILES string of the molecule is CCN(CCC(=O)OC)CC(=O)NCc1ccccc1F. The summed E-state index contributed by atoms with van der Waals surface area (Å²) in [5, 5.41) is 2.67. The highest BCUT2D eigenvalue weighted by Gasteiger charge is 2.11. The van der Waals surface area contributed by atoms with Crippen LogP contribution in [0.1, 0.15) is 18.9 Å². The average molecular weight is 296 g/mol. The molecule has 0 saturated carbocycles. The number of ether oxygens (including phenoxy) is 1. The zero-order valence-electron chi connectivity index (χ0n) is 12.4. The van der Waals surface area contributed by atoms with Crippen molar-refractivity contribution in [2.75, 3.05) is 26.7 Å². The predicted molar refractivity (Wildman–Crippen MR) is 77.0 cm³/mol. The van der Waals surface area contributed by atoms with Gasteiger partial charge < -0.3 is 10.1 Å². The molecule has 0 heterocycles. The second kappa shape index (κ2) is 9.07. The van der Waals surface area contributed by atoms with Gasteiger partial charge in [0.05, 0.1) is 20.1 Å². The van der Waals surface area contributed by atoms with E-state index in [1.165, 1.54) is 13.2 Å². The molecular formula is C15H21FN2O3. The van der Waals surface area contributed by atoms with Crippen molar-refractivity contribution in [1.82, 2.24) is 10.2 Å². The Kier molecular flexibility index (Phi) is 7.39. The molecule has 0 bridgehead atoms. The molecule has 1 rings (SSSR count). The third-order valence-electron chi connectivity index (χ3n) is 3.11. The molecule has 5 nitrogen and oxygen atoms in total. The molecule has 1 amide bonds. The third kappa shape index (κ3) is 6.35. The number of carbonyl (C=O) groups excluding carboxylic acids is 2. The largest absolute Gasteiger partial charge is 0.469 e. The van der Waals surface area contributed by atoms with Crippen molar-refractivity contribution in [3.63, 3.8) is 0 Å². The summed E-state index contributed by atoms with van der Waals surface area (Å²) >= 11 is 0. The van der Waals surface area contributed by atoms with Crippen LogP contribution in [-0.4, -0.2) is 43.5 Å². The summed E-state index contributed by atoms with van der Waals surface area (Å²) in [4.78, 5) is 24.7. The standard InChI is InChI=1S/C15H21FN2O3/c1-3-18(9-8-15(20)21-2)11-14(19)17-10-12-6-4-5-7-13(12)16/h4-7H,3,8-11H2,1-2H3,(H,17,19). The first-order valence-corrected chi connectivity index (χ1v) is 6.86. The molecule has 0 unspecified atom stereocenters. The Morgan fingerprint density at radius 1 is 1.33 bits per heavy atom. The maximum Gasteiger partial charge on any atom is 0.306 e. The lowest BCUT2D eigenvalue weighted by Crippen LogP contribution is -2.38. The number of nitrogens with one attached hydrogen (secondary N) is 1. The van der Waals surface area contributed by atoms with E-state index in [0.29, 0.717) is 18.7 Å². The van der Waals surface area contributed by atoms with Crippen LogP contribution in [0.25, 0.3) is 0 Å². The molecule has 0 fully saturated rings. The van der Waals surface area contributed by atoms with Crippen molar-refractivity contribution in [2.45, 2.75) is 19.9 Å². The predicted octanol–water partition coefficient (Wildman–Crippen LogP) is 1.33. The molecule has 0 saturated heterocycles. The van der Waals surface area contributed by atoms with Crippen LogP contribution in [-0.2, 0) is 20.9 Å². The average Bonchev–Trinajstić information content (AvgIpc) is 2.50. The van der Waals surface area contributed by atoms with Gasteiger partial charge in [0.1, 0.15) is 5.82 Å². The number of methoxy groups -OCH3 is 1. The fraction of sp³-hybridized carbons (Fsp3) is 0.467. The van der Waals surface area contributed by atoms with E-state index < -0.39 is 0 Å². The molecule has 0 aliphatic carbocycles. The Hall–Kier alpha value is -1.95. The highest BCUT2D eigenvalue weighted by atomic mass is 19.1. The third-order valence-corrected chi connectivity index (χ3v) is 3.11. The van der Waals surface area contributed by atoms with Crippen LogP contribution in [0.5, 0.6) is 0 Å². The van der Waals surface area contributed by atoms with Crippen LogP contribution in [0.2, 0.25) is 0 Å². The molecule has 1 N–H and O–H groups in total. The molecule has 21 heavy (non-hydrogen) atoms. The van der Waals surface area contributed by atoms with Gasteiger partial charge in [0.25, 0.3) is 0 Å². The van der Waals surface area contributed by atoms with Gasteiger partial charge in [0.2, 0.25) is 5.91 Å². The molecule has 116 valence electrons. The van der Waals surface area contributed by atoms with E-state index in [-0.39, 0.29) is 37.2 Å². The lowest BCUT2D eigenvalue weighted by Gasteiger charge is -2.19. The lowest BCUT2D eigenvalue weighted by molar-refractivity contribution is -0.141. The van der Waals surface area contributed by atoms with Gasteiger partial charge in [0.15, 0.2) is 0 Å². The van der Waals surface area contributed by atoms with Crippen molar-refractivity contribution < 1.29 is 18.7 Å². The summed E-state index contributed by atoms with van der Waals surface area (Å²) in [6, 6.07) is 6.31. The first-order valence-electron chi connectivity index (χ1n) is 6.86. The van der Waals surface area contributed by atoms with Crippen LogP contribution in [0.15, 0.2) is 24.3 Å². The Morgan fingerprint density at radius 3 is 2.67 bits per heavy atom. The first-order chi connectivity index (χ1) is 10.1. The number of halogens is 1. The van der Waals surface area contributed by atoms with E-state index in [1.54, 1.807) is 18.2 Å². The van der Waals surface area contributed by atoms with Crippen LogP contribution in [0.4, 0.5) is 4.39 Å². The maximum atomic E-state index is 13.4. The summed E-state index contributed by atoms with van der Waals surface area (Å²) in [7, 11) is 1.33. The molecule has 0 radical (unpaired) electrons. The van der Waals surface area contributed by atoms with Crippen molar-refractivity contribution in [1.29, 1.82) is 0 Å². The highest BCUT2D eigenvalue weighted by molar-refractivity contribution is 5.78. The van der Waals surface area contributed by atoms with Crippen molar-refractivity contribution in [3.05, 3.63) is 35.6 Å². The van der Waals surface area contributed by atoms with E-state index in [0.717, 1.165) is 0 Å². The van der Waals surface area contributed by atoms with Gasteiger partial charge in [-0.25, -0.2) is 4.39 Å². The topological polar surface area (TPSA) is 58.6 Å². The maximum absolute atomic E-state index is 13.4. The molecule has 0 aliphatic heterocycles. The first kappa shape index (κ1) is 17.1. The van der Waals surface area contributed by atoms with Crippen molar-refractivity contribution >= 4 is 11.9 Å². The van der Waals surface area contributed by atoms with Gasteiger partial charge in [-0.05, 0) is 12.6 Å². The van der Waals surface area contributed by atoms with Gasteiger partial charge in [-0.1, -0.05) is 25.1 Å². The van der Waals surface area contributed by atoms with Crippen LogP contribution < -0.4 is 5.32 Å². The second-order valence-electron chi connectivity index (χ2n) is 4.56. The Bertz CT molecular complexity index is 480. The smallest absolute Gasteiger partial charge is 0.306 e. The van der Waals surface area contributed by atoms with Gasteiger partial charge >= 0.3 is 5.97 Å². The quantitative estimate of drug-likeness (QED) is 0.735. The number of hydrogen-bond acceptors (Lipinski definition) is 4. The van der Waals surface area contributed by atoms with E-state index in [2.05, 4.69) is 10.1 Å². The summed E-state index contributed by atoms with van der Waals surface area (Å²) in [5.41, 5.74) is 0.448. The van der Waals surface area contributed by atoms with Gasteiger partial charge in [-0.2, -0.15) is 0 Å². The summed E-state index contributed by atoms with van der Waals surface area (Å²) in [6.45, 7) is 3.32. The van der Waals surface area contributed by atoms with Crippen LogP contribution >= 0.6 is 0 Å². The number of rotatable bonds is 8. The molecule has 0 aliphatic rings. The number of likely N-dealkylation sites (N-methyl/N-ethyl adjacent to an activating group) is 1. The monoisotopic (exact) mass is 296 g/mol. The Labute approximate surface area is 124 Å². The van der Waals surface area contributed by atoms with E-state index in [1.807, 2.05) is 11.8 Å². The van der Waals surface area contributed by atoms with Crippen molar-refractivity contribution in [3.8, 4) is 0 Å². The van der Waals surface area contributed by atoms with Crippen LogP contribution in [0.3, 0.4) is 0 Å². The molecule has 1 aromatic rings. The van der Waals surface area contributed by atoms with Crippen molar-refractivity contribution in [2.24, 2.45) is 0 Å². The minimum Gasteiger partial charge on any atom is -0.469 e. The highest BCUT2D eigenvalue weighted by Crippen LogP contribution is 2.05. The minimum atomic E-state index is -0.337. The Morgan fingerprint density at radius 2 is 2.05 bits per heavy atom. The number of esters is 1. The molecule has 1 aromatic carbocycles. The normalized spacial score (nSPS) is 10.5. The van der Waals surface area contributed by atoms with Crippen LogP contribution in [0, 0.1) is 5.82 Å². The lowest BCUT2D eigenvalue weighted by atomic mass is 10.2. The second-order valence-corrected chi connectivity index (χ2v) is 4.56. The summed E-state index contributed by atoms with van der Waals surface area (Å²) in [6.07, 6.45) is 0.241. The molecule has 0 spiro atoms. The molecular weight excluding hydrogens is 275 g/mol. The van der Waals surface area contributed by atoms with Gasteiger partial charge in [0, 0.05) is 18.7 Å². The molecule has 6 heteroatoms. The number of benzene rings is 1. The minimum absolute atomic E-state index is 0.153. The Balaban J connectivity index is 2.37. The van der Waals surface area contributed by atoms with E-state index >= 15 is 0 Å². The fourth-order valence-corrected chi connectivity index (χ4v) is 1.79. The number of nitrogens with zero attached hydrogens (tertiary/aromatic N) is 1. The zero-order chi connectivity index (χ0) is 15.7.